The monoisotopic (exact) mass is 307 g/mol. The van der Waals surface area contributed by atoms with Crippen LogP contribution < -0.4 is 5.32 Å². The Morgan fingerprint density at radius 2 is 2.05 bits per heavy atom. The number of aryl methyl sites for hydroxylation is 2. The molecule has 0 aliphatic carbocycles. The number of urea groups is 1. The molecule has 1 aromatic heterocycles. The molecule has 1 N–H and O–H groups in total. The molecule has 0 radical (unpaired) electrons. The minimum atomic E-state index is 0.0392. The number of nitrogens with one attached hydrogen (secondary N) is 1. The van der Waals surface area contributed by atoms with Crippen molar-refractivity contribution in [3.8, 4) is 0 Å². The van der Waals surface area contributed by atoms with Crippen molar-refractivity contribution >= 4 is 6.03 Å². The van der Waals surface area contributed by atoms with Crippen LogP contribution in [-0.2, 0) is 13.6 Å². The average molecular weight is 307 g/mol. The minimum Gasteiger partial charge on any atom is -0.334 e. The van der Waals surface area contributed by atoms with Crippen molar-refractivity contribution in [3.63, 3.8) is 0 Å². The van der Waals surface area contributed by atoms with Gasteiger partial charge in [0.2, 0.25) is 0 Å². The van der Waals surface area contributed by atoms with E-state index in [2.05, 4.69) is 29.2 Å². The molecule has 0 saturated carbocycles. The van der Waals surface area contributed by atoms with E-state index in [-0.39, 0.29) is 6.03 Å². The van der Waals surface area contributed by atoms with Crippen LogP contribution in [0.2, 0.25) is 0 Å². The molecule has 22 heavy (non-hydrogen) atoms. The summed E-state index contributed by atoms with van der Waals surface area (Å²) in [6.45, 7) is 12.7. The number of hydrogen-bond acceptors (Lipinski definition) is 3. The van der Waals surface area contributed by atoms with Crippen LogP contribution in [0.25, 0.3) is 0 Å². The molecule has 0 aromatic carbocycles. The molecule has 1 saturated heterocycles. The van der Waals surface area contributed by atoms with Crippen molar-refractivity contribution in [1.29, 1.82) is 0 Å². The molecule has 1 atom stereocenters. The Balaban J connectivity index is 1.88. The molecule has 1 fully saturated rings. The Kier molecular flexibility index (Phi) is 5.45. The van der Waals surface area contributed by atoms with Crippen molar-refractivity contribution in [2.75, 3.05) is 26.2 Å². The van der Waals surface area contributed by atoms with Gasteiger partial charge in [0.15, 0.2) is 0 Å². The molecule has 2 heterocycles. The van der Waals surface area contributed by atoms with Crippen LogP contribution in [0.3, 0.4) is 0 Å². The summed E-state index contributed by atoms with van der Waals surface area (Å²) in [5, 5.41) is 7.44. The first kappa shape index (κ1) is 16.8. The SMILES string of the molecule is CCN(CC)C1CCN(C(=O)NCc2c(C)nn(C)c2C)C1. The molecule has 1 unspecified atom stereocenters. The van der Waals surface area contributed by atoms with Gasteiger partial charge in [0.1, 0.15) is 0 Å². The first-order chi connectivity index (χ1) is 10.5. The van der Waals surface area contributed by atoms with E-state index < -0.39 is 0 Å². The highest BCUT2D eigenvalue weighted by Gasteiger charge is 2.29. The smallest absolute Gasteiger partial charge is 0.317 e. The highest BCUT2D eigenvalue weighted by atomic mass is 16.2. The number of aromatic nitrogens is 2. The maximum absolute atomic E-state index is 12.4. The van der Waals surface area contributed by atoms with E-state index in [1.54, 1.807) is 0 Å². The van der Waals surface area contributed by atoms with Crippen LogP contribution in [0.5, 0.6) is 0 Å². The van der Waals surface area contributed by atoms with E-state index in [0.29, 0.717) is 12.6 Å². The third-order valence-corrected chi connectivity index (χ3v) is 4.85. The van der Waals surface area contributed by atoms with Gasteiger partial charge in [0.25, 0.3) is 0 Å². The highest BCUT2D eigenvalue weighted by molar-refractivity contribution is 5.74. The first-order valence-corrected chi connectivity index (χ1v) is 8.23. The van der Waals surface area contributed by atoms with Gasteiger partial charge in [-0.25, -0.2) is 4.79 Å². The summed E-state index contributed by atoms with van der Waals surface area (Å²) in [6, 6.07) is 0.542. The van der Waals surface area contributed by atoms with Crippen molar-refractivity contribution in [2.24, 2.45) is 7.05 Å². The summed E-state index contributed by atoms with van der Waals surface area (Å²) < 4.78 is 1.86. The lowest BCUT2D eigenvalue weighted by Gasteiger charge is -2.26. The molecular weight excluding hydrogens is 278 g/mol. The lowest BCUT2D eigenvalue weighted by molar-refractivity contribution is 0.192. The molecule has 1 aromatic rings. The fraction of sp³-hybridized carbons (Fsp3) is 0.750. The van der Waals surface area contributed by atoms with E-state index in [1.807, 2.05) is 30.5 Å². The van der Waals surface area contributed by atoms with Crippen LogP contribution in [0.4, 0.5) is 4.79 Å². The molecular formula is C16H29N5O. The predicted molar refractivity (Wildman–Crippen MR) is 87.8 cm³/mol. The maximum Gasteiger partial charge on any atom is 0.317 e. The molecule has 6 nitrogen and oxygen atoms in total. The van der Waals surface area contributed by atoms with Gasteiger partial charge in [0.05, 0.1) is 5.69 Å². The highest BCUT2D eigenvalue weighted by Crippen LogP contribution is 2.16. The number of likely N-dealkylation sites (N-methyl/N-ethyl adjacent to an activating group) is 1. The number of likely N-dealkylation sites (tertiary alicyclic amines) is 1. The summed E-state index contributed by atoms with van der Waals surface area (Å²) in [6.07, 6.45) is 1.07. The first-order valence-electron chi connectivity index (χ1n) is 8.23. The minimum absolute atomic E-state index is 0.0392. The Morgan fingerprint density at radius 3 is 2.59 bits per heavy atom. The molecule has 0 bridgehead atoms. The van der Waals surface area contributed by atoms with Crippen molar-refractivity contribution in [1.82, 2.24) is 24.9 Å². The Hall–Kier alpha value is -1.56. The Bertz CT molecular complexity index is 521. The van der Waals surface area contributed by atoms with Crippen LogP contribution in [0.15, 0.2) is 0 Å². The van der Waals surface area contributed by atoms with E-state index in [9.17, 15) is 4.79 Å². The van der Waals surface area contributed by atoms with Crippen LogP contribution in [0.1, 0.15) is 37.2 Å². The van der Waals surface area contributed by atoms with Gasteiger partial charge >= 0.3 is 6.03 Å². The van der Waals surface area contributed by atoms with E-state index in [0.717, 1.165) is 49.6 Å². The van der Waals surface area contributed by atoms with E-state index in [1.165, 1.54) is 0 Å². The largest absolute Gasteiger partial charge is 0.334 e. The van der Waals surface area contributed by atoms with Gasteiger partial charge in [-0.05, 0) is 33.4 Å². The molecule has 1 aliphatic rings. The average Bonchev–Trinajstić information content (AvgIpc) is 3.06. The zero-order valence-electron chi connectivity index (χ0n) is 14.5. The molecule has 2 amide bonds. The van der Waals surface area contributed by atoms with Crippen molar-refractivity contribution in [3.05, 3.63) is 17.0 Å². The van der Waals surface area contributed by atoms with Gasteiger partial charge in [0, 0.05) is 44.0 Å². The van der Waals surface area contributed by atoms with Crippen molar-refractivity contribution in [2.45, 2.75) is 46.7 Å². The normalized spacial score (nSPS) is 18.3. The van der Waals surface area contributed by atoms with Gasteiger partial charge in [-0.15, -0.1) is 0 Å². The van der Waals surface area contributed by atoms with E-state index >= 15 is 0 Å². The fourth-order valence-electron chi connectivity index (χ4n) is 3.31. The summed E-state index contributed by atoms with van der Waals surface area (Å²) in [5.74, 6) is 0. The number of carbonyl (C=O) groups is 1. The summed E-state index contributed by atoms with van der Waals surface area (Å²) in [5.41, 5.74) is 3.22. The molecule has 1 aliphatic heterocycles. The van der Waals surface area contributed by atoms with Crippen LogP contribution in [0, 0.1) is 13.8 Å². The van der Waals surface area contributed by atoms with Gasteiger partial charge < -0.3 is 10.2 Å². The zero-order chi connectivity index (χ0) is 16.3. The Labute approximate surface area is 133 Å². The Morgan fingerprint density at radius 1 is 1.36 bits per heavy atom. The predicted octanol–water partition coefficient (Wildman–Crippen LogP) is 1.66. The number of nitrogens with zero attached hydrogens (tertiary/aromatic N) is 4. The number of amides is 2. The second-order valence-corrected chi connectivity index (χ2v) is 6.04. The number of carbonyl (C=O) groups excluding carboxylic acids is 1. The zero-order valence-corrected chi connectivity index (χ0v) is 14.5. The second kappa shape index (κ2) is 7.13. The lowest BCUT2D eigenvalue weighted by atomic mass is 10.2. The topological polar surface area (TPSA) is 53.4 Å². The third-order valence-electron chi connectivity index (χ3n) is 4.85. The summed E-state index contributed by atoms with van der Waals surface area (Å²) in [7, 11) is 1.93. The van der Waals surface area contributed by atoms with Crippen LogP contribution in [-0.4, -0.2) is 57.8 Å². The standard InChI is InChI=1S/C16H29N5O/c1-6-20(7-2)14-8-9-21(11-14)16(22)17-10-15-12(3)18-19(5)13(15)4/h14H,6-11H2,1-5H3,(H,17,22). The van der Waals surface area contributed by atoms with Gasteiger partial charge in [-0.2, -0.15) is 5.10 Å². The number of rotatable bonds is 5. The summed E-state index contributed by atoms with van der Waals surface area (Å²) in [4.78, 5) is 16.7. The molecule has 6 heteroatoms. The lowest BCUT2D eigenvalue weighted by Crippen LogP contribution is -2.42. The summed E-state index contributed by atoms with van der Waals surface area (Å²) >= 11 is 0. The fourth-order valence-corrected chi connectivity index (χ4v) is 3.31. The maximum atomic E-state index is 12.4. The third kappa shape index (κ3) is 3.43. The molecule has 124 valence electrons. The quantitative estimate of drug-likeness (QED) is 0.900. The van der Waals surface area contributed by atoms with E-state index in [4.69, 9.17) is 0 Å². The van der Waals surface area contributed by atoms with Crippen LogP contribution >= 0.6 is 0 Å². The molecule has 2 rings (SSSR count). The van der Waals surface area contributed by atoms with Crippen molar-refractivity contribution < 1.29 is 4.79 Å². The van der Waals surface area contributed by atoms with Gasteiger partial charge in [-0.3, -0.25) is 9.58 Å². The molecule has 0 spiro atoms. The van der Waals surface area contributed by atoms with Gasteiger partial charge in [-0.1, -0.05) is 13.8 Å². The number of hydrogen-bond donors (Lipinski definition) is 1. The second-order valence-electron chi connectivity index (χ2n) is 6.04.